The first-order valence-corrected chi connectivity index (χ1v) is 6.83. The third-order valence-corrected chi connectivity index (χ3v) is 3.14. The van der Waals surface area contributed by atoms with Crippen LogP contribution < -0.4 is 4.74 Å². The van der Waals surface area contributed by atoms with E-state index in [0.717, 1.165) is 0 Å². The standard InChI is InChI=1S/C17H16O5/c1-2-22-16-8-7-11(9-13(16)17(20)21)10-15(19)12-5-3-4-6-14(12)18/h3-9,18H,2,10H2,1H3,(H,20,21). The van der Waals surface area contributed by atoms with Gasteiger partial charge in [0.25, 0.3) is 0 Å². The molecule has 0 fully saturated rings. The average Bonchev–Trinajstić information content (AvgIpc) is 2.49. The molecule has 0 aromatic heterocycles. The molecule has 5 nitrogen and oxygen atoms in total. The predicted octanol–water partition coefficient (Wildman–Crippen LogP) is 2.91. The van der Waals surface area contributed by atoms with E-state index in [4.69, 9.17) is 4.74 Å². The maximum absolute atomic E-state index is 12.2. The minimum Gasteiger partial charge on any atom is -0.507 e. The minimum absolute atomic E-state index is 0.00422. The van der Waals surface area contributed by atoms with Crippen molar-refractivity contribution in [2.75, 3.05) is 6.61 Å². The maximum Gasteiger partial charge on any atom is 0.339 e. The van der Waals surface area contributed by atoms with E-state index in [1.807, 2.05) is 0 Å². The number of carbonyl (C=O) groups excluding carboxylic acids is 1. The zero-order chi connectivity index (χ0) is 16.1. The maximum atomic E-state index is 12.2. The Labute approximate surface area is 127 Å². The summed E-state index contributed by atoms with van der Waals surface area (Å²) < 4.78 is 5.26. The molecule has 2 rings (SSSR count). The van der Waals surface area contributed by atoms with Crippen LogP contribution in [0.25, 0.3) is 0 Å². The molecule has 0 saturated heterocycles. The largest absolute Gasteiger partial charge is 0.507 e. The Morgan fingerprint density at radius 2 is 1.82 bits per heavy atom. The summed E-state index contributed by atoms with van der Waals surface area (Å²) in [6.45, 7) is 2.12. The van der Waals surface area contributed by atoms with E-state index < -0.39 is 5.97 Å². The highest BCUT2D eigenvalue weighted by molar-refractivity contribution is 6.00. The van der Waals surface area contributed by atoms with Crippen molar-refractivity contribution in [2.24, 2.45) is 0 Å². The molecule has 0 unspecified atom stereocenters. The van der Waals surface area contributed by atoms with Gasteiger partial charge in [0.2, 0.25) is 0 Å². The average molecular weight is 300 g/mol. The van der Waals surface area contributed by atoms with Crippen LogP contribution in [0.3, 0.4) is 0 Å². The molecule has 0 heterocycles. The topological polar surface area (TPSA) is 83.8 Å². The van der Waals surface area contributed by atoms with E-state index in [2.05, 4.69) is 0 Å². The quantitative estimate of drug-likeness (QED) is 0.801. The lowest BCUT2D eigenvalue weighted by Gasteiger charge is -2.09. The summed E-state index contributed by atoms with van der Waals surface area (Å²) in [6.07, 6.45) is 0.00422. The predicted molar refractivity (Wildman–Crippen MR) is 80.7 cm³/mol. The normalized spacial score (nSPS) is 10.2. The van der Waals surface area contributed by atoms with Crippen LogP contribution in [0, 0.1) is 0 Å². The van der Waals surface area contributed by atoms with Gasteiger partial charge in [-0.3, -0.25) is 4.79 Å². The molecule has 0 bridgehead atoms. The lowest BCUT2D eigenvalue weighted by molar-refractivity contribution is 0.0691. The number of carboxylic acid groups (broad SMARTS) is 1. The second kappa shape index (κ2) is 6.76. The van der Waals surface area contributed by atoms with Crippen LogP contribution in [0.5, 0.6) is 11.5 Å². The Morgan fingerprint density at radius 3 is 2.45 bits per heavy atom. The number of hydrogen-bond donors (Lipinski definition) is 2. The number of ether oxygens (including phenoxy) is 1. The third-order valence-electron chi connectivity index (χ3n) is 3.14. The zero-order valence-corrected chi connectivity index (χ0v) is 12.1. The second-order valence-corrected chi connectivity index (χ2v) is 4.69. The molecule has 2 aromatic carbocycles. The number of benzene rings is 2. The van der Waals surface area contributed by atoms with Crippen LogP contribution in [-0.2, 0) is 6.42 Å². The van der Waals surface area contributed by atoms with E-state index in [0.29, 0.717) is 12.2 Å². The Balaban J connectivity index is 2.27. The number of carboxylic acids is 1. The van der Waals surface area contributed by atoms with E-state index in [-0.39, 0.29) is 34.8 Å². The van der Waals surface area contributed by atoms with Crippen molar-refractivity contribution < 1.29 is 24.5 Å². The summed E-state index contributed by atoms with van der Waals surface area (Å²) in [5.74, 6) is -1.20. The van der Waals surface area contributed by atoms with E-state index in [9.17, 15) is 19.8 Å². The SMILES string of the molecule is CCOc1ccc(CC(=O)c2ccccc2O)cc1C(=O)O. The van der Waals surface area contributed by atoms with Gasteiger partial charge in [0.05, 0.1) is 12.2 Å². The molecule has 114 valence electrons. The zero-order valence-electron chi connectivity index (χ0n) is 12.1. The molecular weight excluding hydrogens is 284 g/mol. The van der Waals surface area contributed by atoms with Crippen LogP contribution >= 0.6 is 0 Å². The highest BCUT2D eigenvalue weighted by Gasteiger charge is 2.15. The van der Waals surface area contributed by atoms with Gasteiger partial charge >= 0.3 is 5.97 Å². The molecule has 0 saturated carbocycles. The Morgan fingerprint density at radius 1 is 1.09 bits per heavy atom. The van der Waals surface area contributed by atoms with Crippen molar-refractivity contribution in [3.8, 4) is 11.5 Å². The smallest absolute Gasteiger partial charge is 0.339 e. The van der Waals surface area contributed by atoms with Gasteiger partial charge in [-0.2, -0.15) is 0 Å². The molecule has 5 heteroatoms. The fourth-order valence-corrected chi connectivity index (χ4v) is 2.13. The van der Waals surface area contributed by atoms with Crippen molar-refractivity contribution in [2.45, 2.75) is 13.3 Å². The molecule has 2 N–H and O–H groups in total. The van der Waals surface area contributed by atoms with Gasteiger partial charge in [0, 0.05) is 6.42 Å². The molecule has 0 aliphatic rings. The Bertz CT molecular complexity index is 706. The fraction of sp³-hybridized carbons (Fsp3) is 0.176. The second-order valence-electron chi connectivity index (χ2n) is 4.69. The molecular formula is C17H16O5. The number of Topliss-reactive ketones (excluding diaryl/α,β-unsaturated/α-hetero) is 1. The number of phenols is 1. The van der Waals surface area contributed by atoms with Gasteiger partial charge in [0.15, 0.2) is 5.78 Å². The summed E-state index contributed by atoms with van der Waals surface area (Å²) in [7, 11) is 0. The number of hydrogen-bond acceptors (Lipinski definition) is 4. The first-order chi connectivity index (χ1) is 10.5. The van der Waals surface area contributed by atoms with Gasteiger partial charge in [-0.25, -0.2) is 4.79 Å². The fourth-order valence-electron chi connectivity index (χ4n) is 2.13. The molecule has 0 aliphatic carbocycles. The number of para-hydroxylation sites is 1. The Kier molecular flexibility index (Phi) is 4.78. The van der Waals surface area contributed by atoms with Gasteiger partial charge in [0.1, 0.15) is 17.1 Å². The van der Waals surface area contributed by atoms with Crippen LogP contribution in [0.2, 0.25) is 0 Å². The molecule has 22 heavy (non-hydrogen) atoms. The lowest BCUT2D eigenvalue weighted by Crippen LogP contribution is -2.07. The number of phenolic OH excluding ortho intramolecular Hbond substituents is 1. The van der Waals surface area contributed by atoms with Crippen molar-refractivity contribution >= 4 is 11.8 Å². The highest BCUT2D eigenvalue weighted by Crippen LogP contribution is 2.23. The van der Waals surface area contributed by atoms with Crippen LogP contribution in [0.15, 0.2) is 42.5 Å². The number of aromatic hydroxyl groups is 1. The summed E-state index contributed by atoms with van der Waals surface area (Å²) in [6, 6.07) is 10.9. The number of carbonyl (C=O) groups is 2. The van der Waals surface area contributed by atoms with Gasteiger partial charge in [-0.15, -0.1) is 0 Å². The summed E-state index contributed by atoms with van der Waals surface area (Å²) in [5.41, 5.74) is 0.784. The summed E-state index contributed by atoms with van der Waals surface area (Å²) in [4.78, 5) is 23.4. The van der Waals surface area contributed by atoms with E-state index in [1.165, 1.54) is 18.2 Å². The van der Waals surface area contributed by atoms with E-state index in [1.54, 1.807) is 31.2 Å². The highest BCUT2D eigenvalue weighted by atomic mass is 16.5. The van der Waals surface area contributed by atoms with Gasteiger partial charge in [-0.05, 0) is 36.8 Å². The van der Waals surface area contributed by atoms with E-state index >= 15 is 0 Å². The van der Waals surface area contributed by atoms with Crippen LogP contribution in [0.4, 0.5) is 0 Å². The number of rotatable bonds is 6. The molecule has 0 spiro atoms. The van der Waals surface area contributed by atoms with Crippen molar-refractivity contribution in [1.82, 2.24) is 0 Å². The molecule has 0 aliphatic heterocycles. The number of aromatic carboxylic acids is 1. The molecule has 0 amide bonds. The third kappa shape index (κ3) is 3.44. The van der Waals surface area contributed by atoms with Gasteiger partial charge < -0.3 is 14.9 Å². The molecule has 2 aromatic rings. The van der Waals surface area contributed by atoms with Crippen molar-refractivity contribution in [1.29, 1.82) is 0 Å². The summed E-state index contributed by atoms with van der Waals surface area (Å²) in [5, 5.41) is 18.9. The Hall–Kier alpha value is -2.82. The first kappa shape index (κ1) is 15.6. The lowest BCUT2D eigenvalue weighted by atomic mass is 10.0. The van der Waals surface area contributed by atoms with Crippen LogP contribution in [0.1, 0.15) is 33.2 Å². The van der Waals surface area contributed by atoms with Crippen LogP contribution in [-0.4, -0.2) is 28.6 Å². The minimum atomic E-state index is -1.11. The molecule has 0 atom stereocenters. The molecule has 0 radical (unpaired) electrons. The summed E-state index contributed by atoms with van der Waals surface area (Å²) >= 11 is 0. The monoisotopic (exact) mass is 300 g/mol. The first-order valence-electron chi connectivity index (χ1n) is 6.83. The number of ketones is 1. The van der Waals surface area contributed by atoms with Crippen molar-refractivity contribution in [3.05, 3.63) is 59.2 Å². The van der Waals surface area contributed by atoms with Gasteiger partial charge in [-0.1, -0.05) is 18.2 Å². The van der Waals surface area contributed by atoms with Crippen molar-refractivity contribution in [3.63, 3.8) is 0 Å².